The molecule has 3 nitrogen and oxygen atoms in total. The topological polar surface area (TPSA) is 37.4 Å². The first-order valence-corrected chi connectivity index (χ1v) is 6.75. The highest BCUT2D eigenvalue weighted by molar-refractivity contribution is 8.01. The van der Waals surface area contributed by atoms with E-state index < -0.39 is 0 Å². The van der Waals surface area contributed by atoms with Crippen molar-refractivity contribution in [2.45, 2.75) is 12.2 Å². The van der Waals surface area contributed by atoms with Crippen molar-refractivity contribution in [3.8, 4) is 0 Å². The fraction of sp³-hybridized carbons (Fsp3) is 0.273. The van der Waals surface area contributed by atoms with Crippen molar-refractivity contribution in [2.24, 2.45) is 0 Å². The highest BCUT2D eigenvalue weighted by atomic mass is 35.5. The summed E-state index contributed by atoms with van der Waals surface area (Å²) in [5, 5.41) is 0.344. The Morgan fingerprint density at radius 2 is 1.88 bits per heavy atom. The van der Waals surface area contributed by atoms with Crippen molar-refractivity contribution >= 4 is 52.5 Å². The third kappa shape index (κ3) is 2.30. The van der Waals surface area contributed by atoms with Gasteiger partial charge in [0.2, 0.25) is 11.8 Å². The molecule has 1 aliphatic rings. The lowest BCUT2D eigenvalue weighted by molar-refractivity contribution is -0.125. The Morgan fingerprint density at radius 1 is 1.29 bits per heavy atom. The van der Waals surface area contributed by atoms with Crippen LogP contribution in [0.5, 0.6) is 0 Å². The molecule has 1 fully saturated rings. The average Bonchev–Trinajstić information content (AvgIpc) is 2.28. The van der Waals surface area contributed by atoms with Crippen LogP contribution in [0.15, 0.2) is 18.2 Å². The highest BCUT2D eigenvalue weighted by Crippen LogP contribution is 2.36. The minimum atomic E-state index is -0.284. The summed E-state index contributed by atoms with van der Waals surface area (Å²) in [6.07, 6.45) is 0. The van der Waals surface area contributed by atoms with Gasteiger partial charge in [0.1, 0.15) is 0 Å². The van der Waals surface area contributed by atoms with Crippen LogP contribution in [0.4, 0.5) is 5.69 Å². The largest absolute Gasteiger partial charge is 0.273 e. The standard InChI is InChI=1S/C11H9Cl2NO2S/c1-6-11(16)14(9(15)5-17-6)10-7(12)3-2-4-8(10)13/h2-4,6H,5H2,1H3/t6-/m0/s1. The molecule has 0 spiro atoms. The van der Waals surface area contributed by atoms with Gasteiger partial charge < -0.3 is 0 Å². The Balaban J connectivity index is 2.50. The monoisotopic (exact) mass is 289 g/mol. The second-order valence-electron chi connectivity index (χ2n) is 3.59. The van der Waals surface area contributed by atoms with Crippen molar-refractivity contribution in [2.75, 3.05) is 10.7 Å². The molecule has 0 radical (unpaired) electrons. The second kappa shape index (κ2) is 4.88. The summed E-state index contributed by atoms with van der Waals surface area (Å²) >= 11 is 13.3. The van der Waals surface area contributed by atoms with E-state index in [9.17, 15) is 9.59 Å². The summed E-state index contributed by atoms with van der Waals surface area (Å²) in [5.41, 5.74) is 0.290. The first kappa shape index (κ1) is 12.7. The number of thioether (sulfide) groups is 1. The van der Waals surface area contributed by atoms with Crippen LogP contribution in [0.3, 0.4) is 0 Å². The quantitative estimate of drug-likeness (QED) is 0.746. The summed E-state index contributed by atoms with van der Waals surface area (Å²) in [4.78, 5) is 24.9. The van der Waals surface area contributed by atoms with Gasteiger partial charge in [0.15, 0.2) is 0 Å². The third-order valence-electron chi connectivity index (χ3n) is 2.44. The highest BCUT2D eigenvalue weighted by Gasteiger charge is 2.35. The van der Waals surface area contributed by atoms with Gasteiger partial charge in [-0.1, -0.05) is 29.3 Å². The van der Waals surface area contributed by atoms with Crippen molar-refractivity contribution in [1.29, 1.82) is 0 Å². The van der Waals surface area contributed by atoms with Crippen molar-refractivity contribution in [1.82, 2.24) is 0 Å². The predicted octanol–water partition coefficient (Wildman–Crippen LogP) is 2.99. The number of halogens is 2. The van der Waals surface area contributed by atoms with Gasteiger partial charge in [-0.25, -0.2) is 4.90 Å². The Morgan fingerprint density at radius 3 is 2.47 bits per heavy atom. The van der Waals surface area contributed by atoms with E-state index in [2.05, 4.69) is 0 Å². The molecule has 0 bridgehead atoms. The molecule has 2 rings (SSSR count). The van der Waals surface area contributed by atoms with E-state index in [1.54, 1.807) is 25.1 Å². The Bertz CT molecular complexity index is 472. The zero-order valence-corrected chi connectivity index (χ0v) is 11.3. The van der Waals surface area contributed by atoms with E-state index in [1.807, 2.05) is 0 Å². The summed E-state index contributed by atoms with van der Waals surface area (Å²) in [6, 6.07) is 4.89. The maximum atomic E-state index is 12.0. The summed E-state index contributed by atoms with van der Waals surface area (Å²) in [6.45, 7) is 1.76. The van der Waals surface area contributed by atoms with Gasteiger partial charge in [0, 0.05) is 0 Å². The molecule has 0 unspecified atom stereocenters. The molecule has 1 heterocycles. The smallest absolute Gasteiger partial charge is 0.246 e. The van der Waals surface area contributed by atoms with Gasteiger partial charge >= 0.3 is 0 Å². The van der Waals surface area contributed by atoms with Gasteiger partial charge in [0.05, 0.1) is 26.7 Å². The second-order valence-corrected chi connectivity index (χ2v) is 5.73. The van der Waals surface area contributed by atoms with E-state index in [-0.39, 0.29) is 28.5 Å². The molecule has 0 aliphatic carbocycles. The first-order chi connectivity index (χ1) is 8.02. The molecule has 0 N–H and O–H groups in total. The lowest BCUT2D eigenvalue weighted by Gasteiger charge is -2.29. The fourth-order valence-corrected chi connectivity index (χ4v) is 2.91. The number of para-hydroxylation sites is 1. The minimum absolute atomic E-state index is 0.258. The molecule has 17 heavy (non-hydrogen) atoms. The summed E-state index contributed by atoms with van der Waals surface area (Å²) < 4.78 is 0. The minimum Gasteiger partial charge on any atom is -0.273 e. The molecule has 0 aromatic heterocycles. The van der Waals surface area contributed by atoms with Gasteiger partial charge in [-0.15, -0.1) is 11.8 Å². The SMILES string of the molecule is C[C@@H]1SCC(=O)N(c2c(Cl)cccc2Cl)C1=O. The number of carbonyl (C=O) groups excluding carboxylic acids is 2. The molecule has 6 heteroatoms. The van der Waals surface area contributed by atoms with Crippen LogP contribution in [0, 0.1) is 0 Å². The number of amides is 2. The molecule has 1 aromatic rings. The first-order valence-electron chi connectivity index (χ1n) is 4.95. The van der Waals surface area contributed by atoms with E-state index in [4.69, 9.17) is 23.2 Å². The van der Waals surface area contributed by atoms with Crippen LogP contribution < -0.4 is 4.90 Å². The van der Waals surface area contributed by atoms with Crippen LogP contribution in [0.1, 0.15) is 6.92 Å². The van der Waals surface area contributed by atoms with Crippen molar-refractivity contribution < 1.29 is 9.59 Å². The number of benzene rings is 1. The van der Waals surface area contributed by atoms with Gasteiger partial charge in [-0.3, -0.25) is 9.59 Å². The predicted molar refractivity (Wildman–Crippen MR) is 70.9 cm³/mol. The molecule has 90 valence electrons. The summed E-state index contributed by atoms with van der Waals surface area (Å²) in [7, 11) is 0. The average molecular weight is 290 g/mol. The fourth-order valence-electron chi connectivity index (χ4n) is 1.57. The Kier molecular flexibility index (Phi) is 3.66. The Hall–Kier alpha value is -0.710. The van der Waals surface area contributed by atoms with Crippen LogP contribution in [-0.2, 0) is 9.59 Å². The molecule has 2 amide bonds. The number of hydrogen-bond donors (Lipinski definition) is 0. The van der Waals surface area contributed by atoms with Crippen LogP contribution >= 0.6 is 35.0 Å². The van der Waals surface area contributed by atoms with E-state index in [0.717, 1.165) is 4.90 Å². The van der Waals surface area contributed by atoms with Crippen molar-refractivity contribution in [3.05, 3.63) is 28.2 Å². The lowest BCUT2D eigenvalue weighted by atomic mass is 10.2. The van der Waals surface area contributed by atoms with Crippen LogP contribution in [0.25, 0.3) is 0 Å². The van der Waals surface area contributed by atoms with Gasteiger partial charge in [0.25, 0.3) is 0 Å². The number of imide groups is 1. The van der Waals surface area contributed by atoms with Gasteiger partial charge in [-0.05, 0) is 19.1 Å². The lowest BCUT2D eigenvalue weighted by Crippen LogP contribution is -2.47. The Labute approximate surface area is 113 Å². The molecule has 0 saturated carbocycles. The number of rotatable bonds is 1. The maximum absolute atomic E-state index is 12.0. The van der Waals surface area contributed by atoms with Crippen LogP contribution in [-0.4, -0.2) is 22.8 Å². The van der Waals surface area contributed by atoms with E-state index >= 15 is 0 Å². The maximum Gasteiger partial charge on any atom is 0.246 e. The molecule has 1 atom stereocenters. The third-order valence-corrected chi connectivity index (χ3v) is 4.16. The normalized spacial score (nSPS) is 20.9. The van der Waals surface area contributed by atoms with Gasteiger partial charge in [-0.2, -0.15) is 0 Å². The number of carbonyl (C=O) groups is 2. The number of hydrogen-bond acceptors (Lipinski definition) is 3. The summed E-state index contributed by atoms with van der Waals surface area (Å²) in [5.74, 6) is -0.302. The number of nitrogens with zero attached hydrogens (tertiary/aromatic N) is 1. The van der Waals surface area contributed by atoms with E-state index in [0.29, 0.717) is 10.0 Å². The molecule has 1 aliphatic heterocycles. The molecular formula is C11H9Cl2NO2S. The zero-order chi connectivity index (χ0) is 12.6. The molecular weight excluding hydrogens is 281 g/mol. The van der Waals surface area contributed by atoms with E-state index in [1.165, 1.54) is 11.8 Å². The van der Waals surface area contributed by atoms with Crippen LogP contribution in [0.2, 0.25) is 10.0 Å². The zero-order valence-electron chi connectivity index (χ0n) is 8.94. The number of anilines is 1. The van der Waals surface area contributed by atoms with Crippen molar-refractivity contribution in [3.63, 3.8) is 0 Å². The molecule has 1 saturated heterocycles. The molecule has 1 aromatic carbocycles.